The number of hydrogen-bond acceptors (Lipinski definition) is 5. The SMILES string of the molecule is CCC(CNC(=O)c1csc(S(N)(=O)=O)c1)(C(=O)O)c1ccccc1. The molecule has 1 heterocycles. The van der Waals surface area contributed by atoms with E-state index >= 15 is 0 Å². The Morgan fingerprint density at radius 2 is 1.92 bits per heavy atom. The Kier molecular flexibility index (Phi) is 5.61. The summed E-state index contributed by atoms with van der Waals surface area (Å²) in [6, 6.07) is 9.83. The maximum Gasteiger partial charge on any atom is 0.315 e. The highest BCUT2D eigenvalue weighted by Gasteiger charge is 2.39. The van der Waals surface area contributed by atoms with Crippen molar-refractivity contribution in [2.45, 2.75) is 23.0 Å². The maximum atomic E-state index is 12.3. The third-order valence-electron chi connectivity index (χ3n) is 4.01. The van der Waals surface area contributed by atoms with Crippen molar-refractivity contribution in [3.05, 3.63) is 52.9 Å². The Balaban J connectivity index is 2.22. The van der Waals surface area contributed by atoms with Crippen molar-refractivity contribution < 1.29 is 23.1 Å². The van der Waals surface area contributed by atoms with E-state index in [0.29, 0.717) is 5.56 Å². The molecule has 0 aliphatic carbocycles. The number of carbonyl (C=O) groups is 2. The zero-order chi connectivity index (χ0) is 18.7. The highest BCUT2D eigenvalue weighted by Crippen LogP contribution is 2.28. The van der Waals surface area contributed by atoms with Gasteiger partial charge in [0.15, 0.2) is 0 Å². The molecule has 0 aliphatic heterocycles. The number of primary sulfonamides is 1. The Labute approximate surface area is 149 Å². The van der Waals surface area contributed by atoms with Crippen molar-refractivity contribution in [3.63, 3.8) is 0 Å². The molecule has 7 nitrogen and oxygen atoms in total. The minimum absolute atomic E-state index is 0.123. The summed E-state index contributed by atoms with van der Waals surface area (Å²) in [5.74, 6) is -1.60. The Morgan fingerprint density at radius 1 is 1.28 bits per heavy atom. The Morgan fingerprint density at radius 3 is 2.40 bits per heavy atom. The van der Waals surface area contributed by atoms with Crippen molar-refractivity contribution in [3.8, 4) is 0 Å². The van der Waals surface area contributed by atoms with E-state index in [1.54, 1.807) is 37.3 Å². The fourth-order valence-electron chi connectivity index (χ4n) is 2.46. The van der Waals surface area contributed by atoms with E-state index in [2.05, 4.69) is 5.32 Å². The number of amides is 1. The number of carboxylic acid groups (broad SMARTS) is 1. The lowest BCUT2D eigenvalue weighted by Crippen LogP contribution is -2.46. The third kappa shape index (κ3) is 4.06. The van der Waals surface area contributed by atoms with Crippen LogP contribution in [0.25, 0.3) is 0 Å². The van der Waals surface area contributed by atoms with Gasteiger partial charge in [0.2, 0.25) is 10.0 Å². The van der Waals surface area contributed by atoms with Crippen LogP contribution < -0.4 is 10.5 Å². The first-order chi connectivity index (χ1) is 11.7. The summed E-state index contributed by atoms with van der Waals surface area (Å²) in [7, 11) is -3.88. The number of hydrogen-bond donors (Lipinski definition) is 3. The summed E-state index contributed by atoms with van der Waals surface area (Å²) in [5.41, 5.74) is -0.561. The molecule has 0 radical (unpaired) electrons. The molecule has 0 bridgehead atoms. The van der Waals surface area contributed by atoms with Crippen LogP contribution in [-0.4, -0.2) is 31.9 Å². The molecule has 1 amide bonds. The van der Waals surface area contributed by atoms with Crippen molar-refractivity contribution >= 4 is 33.2 Å². The zero-order valence-corrected chi connectivity index (χ0v) is 15.1. The molecule has 25 heavy (non-hydrogen) atoms. The topological polar surface area (TPSA) is 127 Å². The van der Waals surface area contributed by atoms with E-state index in [1.165, 1.54) is 11.4 Å². The van der Waals surface area contributed by atoms with Crippen LogP contribution in [0.3, 0.4) is 0 Å². The number of nitrogens with one attached hydrogen (secondary N) is 1. The molecule has 0 saturated carbocycles. The minimum atomic E-state index is -3.88. The van der Waals surface area contributed by atoms with E-state index in [0.717, 1.165) is 11.3 Å². The van der Waals surface area contributed by atoms with Gasteiger partial charge in [0.1, 0.15) is 9.62 Å². The molecule has 1 unspecified atom stereocenters. The van der Waals surface area contributed by atoms with Gasteiger partial charge in [-0.1, -0.05) is 37.3 Å². The number of carbonyl (C=O) groups excluding carboxylic acids is 1. The van der Waals surface area contributed by atoms with Crippen LogP contribution in [0.1, 0.15) is 29.3 Å². The highest BCUT2D eigenvalue weighted by molar-refractivity contribution is 7.91. The summed E-state index contributed by atoms with van der Waals surface area (Å²) in [4.78, 5) is 24.2. The van der Waals surface area contributed by atoms with Crippen LogP contribution >= 0.6 is 11.3 Å². The second-order valence-electron chi connectivity index (χ2n) is 5.49. The molecule has 1 aromatic heterocycles. The molecule has 2 rings (SSSR count). The number of thiophene rings is 1. The van der Waals surface area contributed by atoms with Crippen LogP contribution in [0, 0.1) is 0 Å². The molecule has 0 saturated heterocycles. The lowest BCUT2D eigenvalue weighted by atomic mass is 9.78. The van der Waals surface area contributed by atoms with Crippen molar-refractivity contribution in [2.24, 2.45) is 5.14 Å². The number of rotatable bonds is 7. The van der Waals surface area contributed by atoms with Gasteiger partial charge in [0.25, 0.3) is 5.91 Å². The molecule has 9 heteroatoms. The van der Waals surface area contributed by atoms with E-state index in [1.807, 2.05) is 0 Å². The fraction of sp³-hybridized carbons (Fsp3) is 0.250. The molecule has 2 aromatic rings. The van der Waals surface area contributed by atoms with E-state index in [9.17, 15) is 23.1 Å². The maximum absolute atomic E-state index is 12.3. The molecule has 0 aliphatic rings. The molecule has 134 valence electrons. The smallest absolute Gasteiger partial charge is 0.315 e. The predicted molar refractivity (Wildman–Crippen MR) is 94.1 cm³/mol. The van der Waals surface area contributed by atoms with Gasteiger partial charge in [-0.3, -0.25) is 9.59 Å². The van der Waals surface area contributed by atoms with Crippen LogP contribution in [-0.2, 0) is 20.2 Å². The highest BCUT2D eigenvalue weighted by atomic mass is 32.2. The largest absolute Gasteiger partial charge is 0.481 e. The molecule has 0 spiro atoms. The fourth-order valence-corrected chi connectivity index (χ4v) is 4.04. The number of aliphatic carboxylic acids is 1. The minimum Gasteiger partial charge on any atom is -0.481 e. The van der Waals surface area contributed by atoms with E-state index in [-0.39, 0.29) is 22.7 Å². The second-order valence-corrected chi connectivity index (χ2v) is 8.19. The predicted octanol–water partition coefficient (Wildman–Crippen LogP) is 1.56. The molecule has 0 fully saturated rings. The molecule has 1 aromatic carbocycles. The van der Waals surface area contributed by atoms with Crippen LogP contribution in [0.2, 0.25) is 0 Å². The van der Waals surface area contributed by atoms with Gasteiger partial charge in [-0.15, -0.1) is 11.3 Å². The van der Waals surface area contributed by atoms with Gasteiger partial charge in [-0.25, -0.2) is 13.6 Å². The standard InChI is InChI=1S/C16H18N2O5S2/c1-2-16(15(20)21,12-6-4-3-5-7-12)10-18-14(19)11-8-13(24-9-11)25(17,22)23/h3-9H,2,10H2,1H3,(H,18,19)(H,20,21)(H2,17,22,23). The quantitative estimate of drug-likeness (QED) is 0.670. The first-order valence-corrected chi connectivity index (χ1v) is 9.82. The van der Waals surface area contributed by atoms with Crippen LogP contribution in [0.4, 0.5) is 0 Å². The summed E-state index contributed by atoms with van der Waals surface area (Å²) in [6.45, 7) is 1.61. The van der Waals surface area contributed by atoms with Crippen molar-refractivity contribution in [1.29, 1.82) is 0 Å². The molecular formula is C16H18N2O5S2. The summed E-state index contributed by atoms with van der Waals surface area (Å²) >= 11 is 0.836. The van der Waals surface area contributed by atoms with Gasteiger partial charge in [-0.05, 0) is 18.1 Å². The van der Waals surface area contributed by atoms with Crippen molar-refractivity contribution in [1.82, 2.24) is 5.32 Å². The number of nitrogens with two attached hydrogens (primary N) is 1. The zero-order valence-electron chi connectivity index (χ0n) is 13.4. The van der Waals surface area contributed by atoms with E-state index in [4.69, 9.17) is 5.14 Å². The van der Waals surface area contributed by atoms with Gasteiger partial charge in [-0.2, -0.15) is 0 Å². The van der Waals surface area contributed by atoms with Gasteiger partial charge in [0.05, 0.1) is 5.56 Å². The molecule has 4 N–H and O–H groups in total. The summed E-state index contributed by atoms with van der Waals surface area (Å²) < 4.78 is 22.4. The Bertz CT molecular complexity index is 877. The molecule has 1 atom stereocenters. The van der Waals surface area contributed by atoms with E-state index < -0.39 is 27.3 Å². The number of sulfonamides is 1. The lowest BCUT2D eigenvalue weighted by Gasteiger charge is -2.29. The lowest BCUT2D eigenvalue weighted by molar-refractivity contribution is -0.143. The van der Waals surface area contributed by atoms with Gasteiger partial charge >= 0.3 is 5.97 Å². The Hall–Kier alpha value is -2.23. The second kappa shape index (κ2) is 7.34. The van der Waals surface area contributed by atoms with Gasteiger partial charge in [0, 0.05) is 11.9 Å². The summed E-state index contributed by atoms with van der Waals surface area (Å²) in [6.07, 6.45) is 0.276. The first-order valence-electron chi connectivity index (χ1n) is 7.39. The monoisotopic (exact) mass is 382 g/mol. The van der Waals surface area contributed by atoms with Crippen LogP contribution in [0.15, 0.2) is 46.0 Å². The number of benzene rings is 1. The number of carboxylic acids is 1. The van der Waals surface area contributed by atoms with Crippen molar-refractivity contribution in [2.75, 3.05) is 6.54 Å². The first kappa shape index (κ1) is 19.1. The summed E-state index contributed by atoms with van der Waals surface area (Å²) in [5, 5.41) is 18.7. The van der Waals surface area contributed by atoms with Crippen LogP contribution in [0.5, 0.6) is 0 Å². The molecular weight excluding hydrogens is 364 g/mol. The average Bonchev–Trinajstić information content (AvgIpc) is 3.07. The third-order valence-corrected chi connectivity index (χ3v) is 6.39. The average molecular weight is 382 g/mol. The normalized spacial score (nSPS) is 13.8. The van der Waals surface area contributed by atoms with Gasteiger partial charge < -0.3 is 10.4 Å².